The molecule has 3 rings (SSSR count). The monoisotopic (exact) mass is 534 g/mol. The van der Waals surface area contributed by atoms with Gasteiger partial charge >= 0.3 is 0 Å². The summed E-state index contributed by atoms with van der Waals surface area (Å²) in [5.74, 6) is 0.121. The van der Waals surface area contributed by atoms with E-state index in [0.29, 0.717) is 17.2 Å². The minimum absolute atomic E-state index is 0.0179. The van der Waals surface area contributed by atoms with Gasteiger partial charge in [-0.3, -0.25) is 9.59 Å². The first-order valence-electron chi connectivity index (χ1n) is 13.2. The molecule has 0 unspecified atom stereocenters. The smallest absolute Gasteiger partial charge is 0.261 e. The molecule has 0 aromatic heterocycles. The minimum Gasteiger partial charge on any atom is -0.484 e. The number of halogens is 1. The van der Waals surface area contributed by atoms with Gasteiger partial charge in [-0.05, 0) is 53.6 Å². The predicted molar refractivity (Wildman–Crippen MR) is 154 cm³/mol. The van der Waals surface area contributed by atoms with Crippen LogP contribution in [0.4, 0.5) is 0 Å². The summed E-state index contributed by atoms with van der Waals surface area (Å²) >= 11 is 6.48. The summed E-state index contributed by atoms with van der Waals surface area (Å²) in [5.41, 5.74) is 2.94. The Labute approximate surface area is 232 Å². The van der Waals surface area contributed by atoms with Crippen molar-refractivity contribution in [2.75, 3.05) is 6.61 Å². The van der Waals surface area contributed by atoms with E-state index >= 15 is 0 Å². The molecule has 0 saturated carbocycles. The topological polar surface area (TPSA) is 58.6 Å². The van der Waals surface area contributed by atoms with E-state index in [-0.39, 0.29) is 36.4 Å². The van der Waals surface area contributed by atoms with E-state index in [1.54, 1.807) is 11.0 Å². The largest absolute Gasteiger partial charge is 0.484 e. The number of hydrogen-bond donors (Lipinski definition) is 1. The summed E-state index contributed by atoms with van der Waals surface area (Å²) in [6.07, 6.45) is 1.16. The van der Waals surface area contributed by atoms with Crippen molar-refractivity contribution in [3.8, 4) is 5.75 Å². The molecule has 0 aliphatic carbocycles. The van der Waals surface area contributed by atoms with Crippen molar-refractivity contribution in [2.24, 2.45) is 0 Å². The molecule has 0 heterocycles. The second-order valence-corrected chi connectivity index (χ2v) is 11.1. The van der Waals surface area contributed by atoms with Crippen molar-refractivity contribution in [2.45, 2.75) is 71.5 Å². The molecule has 6 heteroatoms. The lowest BCUT2D eigenvalue weighted by molar-refractivity contribution is -0.143. The first-order chi connectivity index (χ1) is 18.1. The fourth-order valence-corrected chi connectivity index (χ4v) is 4.28. The van der Waals surface area contributed by atoms with Crippen molar-refractivity contribution >= 4 is 23.4 Å². The molecule has 38 heavy (non-hydrogen) atoms. The van der Waals surface area contributed by atoms with Gasteiger partial charge < -0.3 is 15.0 Å². The number of nitrogens with one attached hydrogen (secondary N) is 1. The van der Waals surface area contributed by atoms with Crippen LogP contribution >= 0.6 is 11.6 Å². The summed E-state index contributed by atoms with van der Waals surface area (Å²) < 4.78 is 5.91. The van der Waals surface area contributed by atoms with Crippen molar-refractivity contribution in [1.82, 2.24) is 10.2 Å². The molecule has 202 valence electrons. The van der Waals surface area contributed by atoms with Crippen molar-refractivity contribution in [3.05, 3.63) is 101 Å². The fraction of sp³-hybridized carbons (Fsp3) is 0.375. The predicted octanol–water partition coefficient (Wildman–Crippen LogP) is 6.57. The Balaban J connectivity index is 1.90. The summed E-state index contributed by atoms with van der Waals surface area (Å²) in [4.78, 5) is 28.9. The Morgan fingerprint density at radius 1 is 0.947 bits per heavy atom. The Bertz CT molecular complexity index is 1190. The van der Waals surface area contributed by atoms with Crippen molar-refractivity contribution in [3.63, 3.8) is 0 Å². The van der Waals surface area contributed by atoms with Crippen LogP contribution in [0.15, 0.2) is 78.9 Å². The first-order valence-corrected chi connectivity index (χ1v) is 13.6. The molecule has 0 bridgehead atoms. The van der Waals surface area contributed by atoms with Gasteiger partial charge in [-0.1, -0.05) is 100.0 Å². The number of nitrogens with zero attached hydrogens (tertiary/aromatic N) is 1. The van der Waals surface area contributed by atoms with Gasteiger partial charge in [0.2, 0.25) is 5.91 Å². The number of hydrogen-bond acceptors (Lipinski definition) is 3. The maximum atomic E-state index is 13.7. The van der Waals surface area contributed by atoms with Crippen LogP contribution < -0.4 is 10.1 Å². The standard InChI is InChI=1S/C32H39ClN2O3/c1-6-23(2)34-31(37)29(20-24-12-8-7-9-13-24)35(21-25-14-10-11-15-28(25)33)30(36)22-38-27-18-16-26(17-19-27)32(3,4)5/h7-19,23,29H,6,20-22H2,1-5H3,(H,34,37)/t23-,29-/m1/s1. The van der Waals surface area contributed by atoms with Gasteiger partial charge in [0.05, 0.1) is 0 Å². The highest BCUT2D eigenvalue weighted by atomic mass is 35.5. The van der Waals surface area contributed by atoms with Crippen molar-refractivity contribution in [1.29, 1.82) is 0 Å². The molecule has 0 radical (unpaired) electrons. The van der Waals surface area contributed by atoms with Crippen molar-refractivity contribution < 1.29 is 14.3 Å². The third-order valence-corrected chi connectivity index (χ3v) is 7.02. The van der Waals surface area contributed by atoms with E-state index in [1.165, 1.54) is 5.56 Å². The van der Waals surface area contributed by atoms with Crippen LogP contribution in [0.2, 0.25) is 5.02 Å². The van der Waals surface area contributed by atoms with E-state index in [1.807, 2.05) is 86.6 Å². The highest BCUT2D eigenvalue weighted by Gasteiger charge is 2.31. The summed E-state index contributed by atoms with van der Waals surface area (Å²) in [7, 11) is 0. The number of carbonyl (C=O) groups is 2. The highest BCUT2D eigenvalue weighted by Crippen LogP contribution is 2.25. The van der Waals surface area contributed by atoms with Gasteiger partial charge in [0.1, 0.15) is 11.8 Å². The number of benzene rings is 3. The molecule has 0 aliphatic rings. The van der Waals surface area contributed by atoms with Gasteiger partial charge in [-0.2, -0.15) is 0 Å². The van der Waals surface area contributed by atoms with Crippen LogP contribution in [-0.2, 0) is 28.0 Å². The second kappa shape index (κ2) is 13.5. The lowest BCUT2D eigenvalue weighted by Crippen LogP contribution is -2.53. The zero-order valence-electron chi connectivity index (χ0n) is 23.0. The van der Waals surface area contributed by atoms with Gasteiger partial charge in [-0.25, -0.2) is 0 Å². The van der Waals surface area contributed by atoms with E-state index in [2.05, 4.69) is 26.1 Å². The van der Waals surface area contributed by atoms with Crippen LogP contribution in [0.3, 0.4) is 0 Å². The summed E-state index contributed by atoms with van der Waals surface area (Å²) in [6.45, 7) is 10.4. The van der Waals surface area contributed by atoms with Crippen LogP contribution in [0, 0.1) is 0 Å². The molecule has 0 aliphatic heterocycles. The third kappa shape index (κ3) is 8.35. The molecule has 3 aromatic carbocycles. The normalized spacial score (nSPS) is 12.9. The lowest BCUT2D eigenvalue weighted by atomic mass is 9.87. The van der Waals surface area contributed by atoms with E-state index < -0.39 is 6.04 Å². The molecular formula is C32H39ClN2O3. The number of carbonyl (C=O) groups excluding carboxylic acids is 2. The maximum Gasteiger partial charge on any atom is 0.261 e. The summed E-state index contributed by atoms with van der Waals surface area (Å²) in [5, 5.41) is 3.62. The molecular weight excluding hydrogens is 496 g/mol. The quantitative estimate of drug-likeness (QED) is 0.302. The zero-order chi connectivity index (χ0) is 27.7. The van der Waals surface area contributed by atoms with Gasteiger partial charge in [0.25, 0.3) is 5.91 Å². The molecule has 3 aromatic rings. The average molecular weight is 535 g/mol. The van der Waals surface area contributed by atoms with E-state index in [0.717, 1.165) is 17.5 Å². The third-order valence-electron chi connectivity index (χ3n) is 6.65. The molecule has 0 fully saturated rings. The number of amides is 2. The molecule has 2 atom stereocenters. The van der Waals surface area contributed by atoms with Crippen LogP contribution in [-0.4, -0.2) is 35.4 Å². The van der Waals surface area contributed by atoms with Crippen LogP contribution in [0.5, 0.6) is 5.75 Å². The van der Waals surface area contributed by atoms with Crippen LogP contribution in [0.1, 0.15) is 57.7 Å². The Hall–Kier alpha value is -3.31. The fourth-order valence-electron chi connectivity index (χ4n) is 4.08. The van der Waals surface area contributed by atoms with Gasteiger partial charge in [-0.15, -0.1) is 0 Å². The Kier molecular flexibility index (Phi) is 10.4. The molecule has 2 amide bonds. The molecule has 0 saturated heterocycles. The Morgan fingerprint density at radius 2 is 1.58 bits per heavy atom. The summed E-state index contributed by atoms with van der Waals surface area (Å²) in [6, 6.07) is 24.2. The second-order valence-electron chi connectivity index (χ2n) is 10.7. The minimum atomic E-state index is -0.734. The SMILES string of the molecule is CC[C@@H](C)NC(=O)[C@@H](Cc1ccccc1)N(Cc1ccccc1Cl)C(=O)COc1ccc(C(C)(C)C)cc1. The van der Waals surface area contributed by atoms with Gasteiger partial charge in [0, 0.05) is 24.0 Å². The molecule has 0 spiro atoms. The number of ether oxygens (including phenoxy) is 1. The molecule has 5 nitrogen and oxygen atoms in total. The number of rotatable bonds is 11. The van der Waals surface area contributed by atoms with Gasteiger partial charge in [0.15, 0.2) is 6.61 Å². The highest BCUT2D eigenvalue weighted by molar-refractivity contribution is 6.31. The molecule has 1 N–H and O–H groups in total. The first kappa shape index (κ1) is 29.2. The van der Waals surface area contributed by atoms with E-state index in [9.17, 15) is 9.59 Å². The average Bonchev–Trinajstić information content (AvgIpc) is 2.90. The lowest BCUT2D eigenvalue weighted by Gasteiger charge is -2.32. The van der Waals surface area contributed by atoms with E-state index in [4.69, 9.17) is 16.3 Å². The van der Waals surface area contributed by atoms with Crippen LogP contribution in [0.25, 0.3) is 0 Å². The maximum absolute atomic E-state index is 13.7. The zero-order valence-corrected chi connectivity index (χ0v) is 23.8. The Morgan fingerprint density at radius 3 is 2.18 bits per heavy atom.